The molecule has 2 amide bonds. The number of carbonyl (C=O) groups excluding carboxylic acids is 1. The third kappa shape index (κ3) is 4.06. The molecule has 0 saturated heterocycles. The smallest absolute Gasteiger partial charge is 0.415 e. The summed E-state index contributed by atoms with van der Waals surface area (Å²) in [4.78, 5) is 21.1. The summed E-state index contributed by atoms with van der Waals surface area (Å²) in [5, 5.41) is 7.36. The van der Waals surface area contributed by atoms with Gasteiger partial charge in [0.2, 0.25) is 0 Å². The van der Waals surface area contributed by atoms with Crippen LogP contribution < -0.4 is 0 Å². The highest BCUT2D eigenvalue weighted by Crippen LogP contribution is 2.02. The Hall–Kier alpha value is -0.480. The van der Waals surface area contributed by atoms with Crippen molar-refractivity contribution in [2.45, 2.75) is 19.9 Å². The minimum absolute atomic E-state index is 0. The summed E-state index contributed by atoms with van der Waals surface area (Å²) in [5.74, 6) is 0. The molecule has 6 heteroatoms. The zero-order valence-electron chi connectivity index (χ0n) is 6.07. The van der Waals surface area contributed by atoms with Gasteiger partial charge in [0.15, 0.2) is 0 Å². The first-order valence-corrected chi connectivity index (χ1v) is 3.06. The average Bonchev–Trinajstić information content (AvgIpc) is 1.59. The van der Waals surface area contributed by atoms with E-state index in [2.05, 4.69) is 0 Å². The van der Waals surface area contributed by atoms with Crippen molar-refractivity contribution in [2.24, 2.45) is 0 Å². The summed E-state index contributed by atoms with van der Waals surface area (Å²) in [6.07, 6.45) is -1.32. The number of carboxylic acid groups (broad SMARTS) is 1. The Morgan fingerprint density at radius 1 is 1.45 bits per heavy atom. The van der Waals surface area contributed by atoms with Gasteiger partial charge in [-0.2, -0.15) is 0 Å². The van der Waals surface area contributed by atoms with Crippen LogP contribution in [0.25, 0.3) is 0 Å². The van der Waals surface area contributed by atoms with Crippen LogP contribution in [0.2, 0.25) is 0 Å². The molecule has 0 bridgehead atoms. The third-order valence-electron chi connectivity index (χ3n) is 0.912. The molecule has 66 valence electrons. The topological polar surface area (TPSA) is 57.6 Å². The number of imide groups is 1. The second-order valence-corrected chi connectivity index (χ2v) is 2.32. The Labute approximate surface area is 75.5 Å². The highest BCUT2D eigenvalue weighted by molar-refractivity contribution is 6.63. The molecule has 0 fully saturated rings. The Morgan fingerprint density at radius 2 is 1.82 bits per heavy atom. The number of hydrogen-bond donors (Lipinski definition) is 1. The van der Waals surface area contributed by atoms with Crippen LogP contribution in [0.15, 0.2) is 0 Å². The lowest BCUT2D eigenvalue weighted by molar-refractivity contribution is 0.146. The Balaban J connectivity index is 0. The van der Waals surface area contributed by atoms with Gasteiger partial charge in [0.1, 0.15) is 0 Å². The van der Waals surface area contributed by atoms with Crippen molar-refractivity contribution in [3.05, 3.63) is 0 Å². The van der Waals surface area contributed by atoms with E-state index in [0.717, 1.165) is 0 Å². The molecular formula is C5H9Cl2NO3. The highest BCUT2D eigenvalue weighted by Gasteiger charge is 2.21. The summed E-state index contributed by atoms with van der Waals surface area (Å²) < 4.78 is 0. The molecule has 0 saturated carbocycles. The molecular weight excluding hydrogens is 193 g/mol. The van der Waals surface area contributed by atoms with Crippen molar-refractivity contribution in [2.75, 3.05) is 0 Å². The van der Waals surface area contributed by atoms with E-state index in [0.29, 0.717) is 4.90 Å². The quantitative estimate of drug-likeness (QED) is 0.523. The van der Waals surface area contributed by atoms with Crippen molar-refractivity contribution in [1.29, 1.82) is 0 Å². The van der Waals surface area contributed by atoms with Gasteiger partial charge >= 0.3 is 11.5 Å². The maximum absolute atomic E-state index is 10.3. The van der Waals surface area contributed by atoms with Crippen molar-refractivity contribution in [1.82, 2.24) is 4.90 Å². The summed E-state index contributed by atoms with van der Waals surface area (Å²) in [6, 6.07) is -0.414. The molecule has 0 unspecified atom stereocenters. The van der Waals surface area contributed by atoms with Gasteiger partial charge in [0, 0.05) is 6.04 Å². The van der Waals surface area contributed by atoms with Crippen LogP contribution in [0.4, 0.5) is 9.59 Å². The van der Waals surface area contributed by atoms with E-state index in [1.807, 2.05) is 0 Å². The SMILES string of the molecule is CC(C)N(C(=O)O)C(=O)Cl.Cl. The van der Waals surface area contributed by atoms with Crippen LogP contribution in [0.3, 0.4) is 0 Å². The summed E-state index contributed by atoms with van der Waals surface area (Å²) in [5.41, 5.74) is 0. The van der Waals surface area contributed by atoms with Crippen LogP contribution in [0, 0.1) is 0 Å². The molecule has 1 N–H and O–H groups in total. The molecule has 0 aromatic heterocycles. The number of halogens is 2. The molecule has 11 heavy (non-hydrogen) atoms. The first-order chi connectivity index (χ1) is 4.46. The van der Waals surface area contributed by atoms with E-state index in [1.54, 1.807) is 13.8 Å². The van der Waals surface area contributed by atoms with Gasteiger partial charge in [-0.3, -0.25) is 4.79 Å². The Morgan fingerprint density at radius 3 is 1.82 bits per heavy atom. The molecule has 0 heterocycles. The van der Waals surface area contributed by atoms with Crippen molar-refractivity contribution in [3.63, 3.8) is 0 Å². The molecule has 0 rings (SSSR count). The first kappa shape index (κ1) is 13.1. The molecule has 0 atom stereocenters. The minimum atomic E-state index is -1.32. The van der Waals surface area contributed by atoms with E-state index in [1.165, 1.54) is 0 Å². The van der Waals surface area contributed by atoms with Gasteiger partial charge in [-0.15, -0.1) is 12.4 Å². The van der Waals surface area contributed by atoms with Gasteiger partial charge in [0.05, 0.1) is 0 Å². The standard InChI is InChI=1S/C5H8ClNO3.ClH/c1-3(2)7(4(6)8)5(9)10;/h3H,1-2H3,(H,9,10);1H. The summed E-state index contributed by atoms with van der Waals surface area (Å²) >= 11 is 4.94. The fraction of sp³-hybridized carbons (Fsp3) is 0.600. The summed E-state index contributed by atoms with van der Waals surface area (Å²) in [7, 11) is 0. The van der Waals surface area contributed by atoms with E-state index >= 15 is 0 Å². The molecule has 4 nitrogen and oxygen atoms in total. The second-order valence-electron chi connectivity index (χ2n) is 2.00. The van der Waals surface area contributed by atoms with Crippen LogP contribution in [-0.2, 0) is 0 Å². The maximum Gasteiger partial charge on any atom is 0.415 e. The number of amides is 2. The Kier molecular flexibility index (Phi) is 6.22. The maximum atomic E-state index is 10.3. The fourth-order valence-corrected chi connectivity index (χ4v) is 0.767. The van der Waals surface area contributed by atoms with Gasteiger partial charge in [-0.1, -0.05) is 0 Å². The molecule has 0 aliphatic carbocycles. The van der Waals surface area contributed by atoms with E-state index in [4.69, 9.17) is 16.7 Å². The van der Waals surface area contributed by atoms with Crippen LogP contribution in [0.5, 0.6) is 0 Å². The first-order valence-electron chi connectivity index (χ1n) is 2.68. The average molecular weight is 202 g/mol. The fourth-order valence-electron chi connectivity index (χ4n) is 0.499. The normalized spacial score (nSPS) is 8.73. The van der Waals surface area contributed by atoms with Gasteiger partial charge in [-0.25, -0.2) is 9.69 Å². The predicted molar refractivity (Wildman–Crippen MR) is 43.5 cm³/mol. The van der Waals surface area contributed by atoms with Gasteiger partial charge in [-0.05, 0) is 25.4 Å². The lowest BCUT2D eigenvalue weighted by Gasteiger charge is -2.16. The largest absolute Gasteiger partial charge is 0.465 e. The van der Waals surface area contributed by atoms with Crippen LogP contribution in [0.1, 0.15) is 13.8 Å². The number of rotatable bonds is 1. The molecule has 0 radical (unpaired) electrons. The third-order valence-corrected chi connectivity index (χ3v) is 1.09. The molecule has 0 aliphatic heterocycles. The van der Waals surface area contributed by atoms with Crippen LogP contribution in [-0.4, -0.2) is 27.5 Å². The zero-order chi connectivity index (χ0) is 8.31. The minimum Gasteiger partial charge on any atom is -0.465 e. The monoisotopic (exact) mass is 201 g/mol. The lowest BCUT2D eigenvalue weighted by atomic mass is 10.4. The highest BCUT2D eigenvalue weighted by atomic mass is 35.5. The zero-order valence-corrected chi connectivity index (χ0v) is 7.65. The number of hydrogen-bond acceptors (Lipinski definition) is 2. The predicted octanol–water partition coefficient (Wildman–Crippen LogP) is 2.16. The molecule has 0 aliphatic rings. The molecule has 0 aromatic rings. The van der Waals surface area contributed by atoms with E-state index < -0.39 is 17.5 Å². The summed E-state index contributed by atoms with van der Waals surface area (Å²) in [6.45, 7) is 3.13. The van der Waals surface area contributed by atoms with Crippen molar-refractivity contribution >= 4 is 35.5 Å². The van der Waals surface area contributed by atoms with Gasteiger partial charge < -0.3 is 5.11 Å². The number of carbonyl (C=O) groups is 2. The molecule has 0 spiro atoms. The molecule has 0 aromatic carbocycles. The number of nitrogens with zero attached hydrogens (tertiary/aromatic N) is 1. The van der Waals surface area contributed by atoms with Crippen molar-refractivity contribution < 1.29 is 14.7 Å². The van der Waals surface area contributed by atoms with Crippen molar-refractivity contribution in [3.8, 4) is 0 Å². The van der Waals surface area contributed by atoms with Gasteiger partial charge in [0.25, 0.3) is 0 Å². The van der Waals surface area contributed by atoms with Crippen LogP contribution >= 0.6 is 24.0 Å². The second kappa shape index (κ2) is 5.21. The van der Waals surface area contributed by atoms with E-state index in [-0.39, 0.29) is 12.4 Å². The van der Waals surface area contributed by atoms with E-state index in [9.17, 15) is 9.59 Å². The lowest BCUT2D eigenvalue weighted by Crippen LogP contribution is -2.37. The Bertz CT molecular complexity index is 146.